The normalized spacial score (nSPS) is 22.8. The zero-order valence-electron chi connectivity index (χ0n) is 24.2. The number of rotatable bonds is 7. The molecule has 0 aliphatic carbocycles. The number of hydrogen-bond donors (Lipinski definition) is 1. The highest BCUT2D eigenvalue weighted by Crippen LogP contribution is 2.35. The number of imidazole rings is 1. The number of hydrogen-bond acceptors (Lipinski definition) is 6. The first-order chi connectivity index (χ1) is 19.0. The van der Waals surface area contributed by atoms with E-state index in [1.54, 1.807) is 16.4 Å². The van der Waals surface area contributed by atoms with Crippen LogP contribution in [-0.4, -0.2) is 77.5 Å². The lowest BCUT2D eigenvalue weighted by atomic mass is 9.89. The van der Waals surface area contributed by atoms with Gasteiger partial charge < -0.3 is 14.6 Å². The predicted molar refractivity (Wildman–Crippen MR) is 157 cm³/mol. The highest BCUT2D eigenvalue weighted by Gasteiger charge is 2.47. The van der Waals surface area contributed by atoms with Crippen LogP contribution in [0.5, 0.6) is 0 Å². The molecule has 3 heterocycles. The average molecular weight is 568 g/mol. The first-order valence-electron chi connectivity index (χ1n) is 14.1. The van der Waals surface area contributed by atoms with Crippen LogP contribution in [-0.2, 0) is 26.6 Å². The Hall–Kier alpha value is -2.79. The third kappa shape index (κ3) is 5.95. The number of aromatic nitrogens is 2. The average Bonchev–Trinajstić information content (AvgIpc) is 3.17. The topological polar surface area (TPSA) is 96.8 Å². The molecule has 5 rings (SSSR count). The number of aryl methyl sites for hydroxylation is 3. The quantitative estimate of drug-likeness (QED) is 0.462. The van der Waals surface area contributed by atoms with Gasteiger partial charge in [0.05, 0.1) is 34.7 Å². The van der Waals surface area contributed by atoms with E-state index >= 15 is 0 Å². The molecule has 1 spiro atoms. The number of piperidine rings is 1. The minimum atomic E-state index is -3.70. The molecule has 0 unspecified atom stereocenters. The van der Waals surface area contributed by atoms with Crippen molar-refractivity contribution >= 4 is 32.7 Å². The summed E-state index contributed by atoms with van der Waals surface area (Å²) in [6.45, 7) is 10.2. The Morgan fingerprint density at radius 2 is 1.90 bits per heavy atom. The number of ether oxygens (including phenoxy) is 1. The lowest BCUT2D eigenvalue weighted by molar-refractivity contribution is -0.146. The molecule has 2 atom stereocenters. The molecule has 0 radical (unpaired) electrons. The minimum Gasteiger partial charge on any atom is -0.371 e. The van der Waals surface area contributed by atoms with Crippen LogP contribution in [0.25, 0.3) is 11.0 Å². The van der Waals surface area contributed by atoms with Crippen LogP contribution in [0.2, 0.25) is 0 Å². The number of nitrogens with zero attached hydrogens (tertiary/aromatic N) is 4. The number of anilines is 1. The van der Waals surface area contributed by atoms with E-state index in [-0.39, 0.29) is 25.0 Å². The summed E-state index contributed by atoms with van der Waals surface area (Å²) in [5.41, 5.74) is 2.95. The van der Waals surface area contributed by atoms with Crippen molar-refractivity contribution in [1.82, 2.24) is 18.8 Å². The van der Waals surface area contributed by atoms with Crippen LogP contribution in [0.15, 0.2) is 47.4 Å². The van der Waals surface area contributed by atoms with Crippen molar-refractivity contribution in [3.8, 4) is 0 Å². The maximum absolute atomic E-state index is 13.9. The lowest BCUT2D eigenvalue weighted by Gasteiger charge is -2.50. The molecular weight excluding hydrogens is 526 g/mol. The van der Waals surface area contributed by atoms with Gasteiger partial charge in [-0.1, -0.05) is 31.5 Å². The van der Waals surface area contributed by atoms with Crippen molar-refractivity contribution in [2.45, 2.75) is 63.5 Å². The summed E-state index contributed by atoms with van der Waals surface area (Å²) in [5.74, 6) is 1.14. The summed E-state index contributed by atoms with van der Waals surface area (Å²) in [4.78, 5) is 20.0. The number of carbonyl (C=O) groups is 1. The molecule has 2 aromatic carbocycles. The molecule has 1 N–H and O–H groups in total. The fraction of sp³-hybridized carbons (Fsp3) is 0.533. The molecule has 216 valence electrons. The van der Waals surface area contributed by atoms with Crippen LogP contribution in [0.3, 0.4) is 0 Å². The Morgan fingerprint density at radius 1 is 1.15 bits per heavy atom. The molecule has 10 heteroatoms. The van der Waals surface area contributed by atoms with Gasteiger partial charge in [-0.25, -0.2) is 13.4 Å². The van der Waals surface area contributed by atoms with Gasteiger partial charge in [-0.3, -0.25) is 9.69 Å². The molecule has 0 saturated carbocycles. The van der Waals surface area contributed by atoms with Crippen LogP contribution in [0, 0.1) is 19.8 Å². The monoisotopic (exact) mass is 567 g/mol. The molecule has 2 fully saturated rings. The SMILES string of the molecule is Cc1ccc(S(=O)(=O)N2C[C@]3(CCCN(CC(=O)Nc4ccc5c(c4)nc(C)n5C)C3)OC[C@@H]2CC(C)C)cc1. The first kappa shape index (κ1) is 28.7. The van der Waals surface area contributed by atoms with Gasteiger partial charge in [0.25, 0.3) is 0 Å². The van der Waals surface area contributed by atoms with Gasteiger partial charge in [-0.2, -0.15) is 4.31 Å². The predicted octanol–water partition coefficient (Wildman–Crippen LogP) is 4.10. The van der Waals surface area contributed by atoms with Crippen molar-refractivity contribution in [2.24, 2.45) is 13.0 Å². The maximum Gasteiger partial charge on any atom is 0.243 e. The molecule has 40 heavy (non-hydrogen) atoms. The van der Waals surface area contributed by atoms with Gasteiger partial charge in [-0.05, 0) is 75.9 Å². The van der Waals surface area contributed by atoms with Crippen LogP contribution < -0.4 is 5.32 Å². The number of sulfonamides is 1. The molecule has 0 bridgehead atoms. The Labute approximate surface area is 237 Å². The summed E-state index contributed by atoms with van der Waals surface area (Å²) in [5, 5.41) is 3.01. The Bertz CT molecular complexity index is 1480. The number of nitrogens with one attached hydrogen (secondary N) is 1. The standard InChI is InChI=1S/C30H41N5O4S/c1-21(2)15-25-18-39-30(20-35(25)40(37,38)26-10-7-22(3)8-11-26)13-6-14-34(19-30)17-29(36)32-24-9-12-28-27(16-24)31-23(4)33(28)5/h7-12,16,21,25H,6,13-15,17-20H2,1-5H3,(H,32,36)/t25-,30+/m0/s1. The Kier molecular flexibility index (Phi) is 8.07. The summed E-state index contributed by atoms with van der Waals surface area (Å²) >= 11 is 0. The summed E-state index contributed by atoms with van der Waals surface area (Å²) in [6, 6.07) is 12.6. The van der Waals surface area contributed by atoms with Crippen molar-refractivity contribution < 1.29 is 17.9 Å². The molecular formula is C30H41N5O4S. The Morgan fingerprint density at radius 3 is 2.62 bits per heavy atom. The molecule has 1 amide bonds. The zero-order valence-corrected chi connectivity index (χ0v) is 25.0. The van der Waals surface area contributed by atoms with Gasteiger partial charge in [0.2, 0.25) is 15.9 Å². The largest absolute Gasteiger partial charge is 0.371 e. The maximum atomic E-state index is 13.9. The minimum absolute atomic E-state index is 0.110. The van der Waals surface area contributed by atoms with E-state index in [2.05, 4.69) is 29.0 Å². The van der Waals surface area contributed by atoms with Crippen LogP contribution in [0.4, 0.5) is 5.69 Å². The second-order valence-corrected chi connectivity index (χ2v) is 13.8. The molecule has 2 aliphatic heterocycles. The van der Waals surface area contributed by atoms with E-state index in [1.807, 2.05) is 55.8 Å². The smallest absolute Gasteiger partial charge is 0.243 e. The fourth-order valence-corrected chi connectivity index (χ4v) is 7.74. The summed E-state index contributed by atoms with van der Waals surface area (Å²) in [7, 11) is -1.73. The Balaban J connectivity index is 1.30. The second kappa shape index (κ2) is 11.2. The molecule has 2 saturated heterocycles. The molecule has 9 nitrogen and oxygen atoms in total. The van der Waals surface area contributed by atoms with E-state index in [9.17, 15) is 13.2 Å². The van der Waals surface area contributed by atoms with E-state index in [1.165, 1.54) is 0 Å². The van der Waals surface area contributed by atoms with Gasteiger partial charge in [0.1, 0.15) is 5.82 Å². The second-order valence-electron chi connectivity index (χ2n) is 11.9. The van der Waals surface area contributed by atoms with Crippen molar-refractivity contribution in [3.63, 3.8) is 0 Å². The van der Waals surface area contributed by atoms with Crippen LogP contribution >= 0.6 is 0 Å². The highest BCUT2D eigenvalue weighted by atomic mass is 32.2. The summed E-state index contributed by atoms with van der Waals surface area (Å²) < 4.78 is 38.0. The summed E-state index contributed by atoms with van der Waals surface area (Å²) in [6.07, 6.45) is 2.32. The third-order valence-electron chi connectivity index (χ3n) is 8.18. The van der Waals surface area contributed by atoms with Crippen molar-refractivity contribution in [3.05, 3.63) is 53.9 Å². The van der Waals surface area contributed by atoms with Crippen molar-refractivity contribution in [1.29, 1.82) is 0 Å². The van der Waals surface area contributed by atoms with Gasteiger partial charge in [0, 0.05) is 31.9 Å². The van der Waals surface area contributed by atoms with E-state index in [0.29, 0.717) is 29.7 Å². The van der Waals surface area contributed by atoms with E-state index in [4.69, 9.17) is 4.74 Å². The van der Waals surface area contributed by atoms with Gasteiger partial charge >= 0.3 is 0 Å². The number of likely N-dealkylation sites (tertiary alicyclic amines) is 1. The zero-order chi connectivity index (χ0) is 28.7. The van der Waals surface area contributed by atoms with Gasteiger partial charge in [-0.15, -0.1) is 0 Å². The van der Waals surface area contributed by atoms with E-state index < -0.39 is 15.6 Å². The number of fused-ring (bicyclic) bond motifs is 1. The van der Waals surface area contributed by atoms with Crippen molar-refractivity contribution in [2.75, 3.05) is 38.1 Å². The van der Waals surface area contributed by atoms with E-state index in [0.717, 1.165) is 48.2 Å². The number of morpholine rings is 1. The first-order valence-corrected chi connectivity index (χ1v) is 15.6. The van der Waals surface area contributed by atoms with Gasteiger partial charge in [0.15, 0.2) is 0 Å². The highest BCUT2D eigenvalue weighted by molar-refractivity contribution is 7.89. The molecule has 3 aromatic rings. The fourth-order valence-electron chi connectivity index (χ4n) is 6.05. The third-order valence-corrected chi connectivity index (χ3v) is 10.1. The van der Waals surface area contributed by atoms with Crippen LogP contribution in [0.1, 0.15) is 44.5 Å². The number of amides is 1. The number of benzene rings is 2. The molecule has 1 aromatic heterocycles. The number of carbonyl (C=O) groups excluding carboxylic acids is 1. The molecule has 2 aliphatic rings. The lowest BCUT2D eigenvalue weighted by Crippen LogP contribution is -2.64.